The molecule has 0 aromatic carbocycles. The molecule has 6 heteroatoms. The van der Waals surface area contributed by atoms with E-state index in [1.807, 2.05) is 13.8 Å². The van der Waals surface area contributed by atoms with Crippen LogP contribution in [0.5, 0.6) is 5.88 Å². The Bertz CT molecular complexity index is 588. The lowest BCUT2D eigenvalue weighted by Gasteiger charge is -2.09. The van der Waals surface area contributed by atoms with E-state index in [1.54, 1.807) is 25.3 Å². The van der Waals surface area contributed by atoms with Crippen molar-refractivity contribution >= 4 is 11.6 Å². The van der Waals surface area contributed by atoms with Gasteiger partial charge in [0.2, 0.25) is 11.8 Å². The van der Waals surface area contributed by atoms with E-state index in [-0.39, 0.29) is 12.3 Å². The summed E-state index contributed by atoms with van der Waals surface area (Å²) in [7, 11) is 0. The number of carbonyl (C=O) groups excluding carboxylic acids is 1. The molecule has 0 radical (unpaired) electrons. The van der Waals surface area contributed by atoms with Gasteiger partial charge >= 0.3 is 0 Å². The zero-order valence-corrected chi connectivity index (χ0v) is 11.8. The molecule has 0 atom stereocenters. The van der Waals surface area contributed by atoms with Crippen molar-refractivity contribution < 1.29 is 14.1 Å². The first kappa shape index (κ1) is 14.0. The molecule has 1 amide bonds. The molecule has 2 rings (SSSR count). The van der Waals surface area contributed by atoms with E-state index in [0.717, 1.165) is 11.3 Å². The van der Waals surface area contributed by atoms with Gasteiger partial charge in [-0.25, -0.2) is 4.98 Å². The van der Waals surface area contributed by atoms with Crippen LogP contribution >= 0.6 is 0 Å². The number of aromatic nitrogens is 2. The minimum atomic E-state index is -0.159. The summed E-state index contributed by atoms with van der Waals surface area (Å²) in [6, 6.07) is 3.50. The SMILES string of the molecule is CCOc1ncccc1NC(=O)Cc1c(C)noc1C. The first-order chi connectivity index (χ1) is 9.61. The Morgan fingerprint density at radius 1 is 1.45 bits per heavy atom. The molecule has 0 saturated carbocycles. The molecule has 0 aliphatic heterocycles. The number of anilines is 1. The van der Waals surface area contributed by atoms with Crippen molar-refractivity contribution in [1.29, 1.82) is 0 Å². The van der Waals surface area contributed by atoms with E-state index in [2.05, 4.69) is 15.5 Å². The Hall–Kier alpha value is -2.37. The number of hydrogen-bond donors (Lipinski definition) is 1. The van der Waals surface area contributed by atoms with E-state index >= 15 is 0 Å². The van der Waals surface area contributed by atoms with Gasteiger partial charge in [0.25, 0.3) is 0 Å². The minimum Gasteiger partial charge on any atom is -0.476 e. The third-order valence-electron chi connectivity index (χ3n) is 2.84. The maximum Gasteiger partial charge on any atom is 0.237 e. The maximum absolute atomic E-state index is 12.1. The lowest BCUT2D eigenvalue weighted by molar-refractivity contribution is -0.115. The van der Waals surface area contributed by atoms with Gasteiger partial charge in [-0.15, -0.1) is 0 Å². The van der Waals surface area contributed by atoms with E-state index in [9.17, 15) is 4.79 Å². The van der Waals surface area contributed by atoms with Crippen LogP contribution in [0, 0.1) is 13.8 Å². The summed E-state index contributed by atoms with van der Waals surface area (Å²) in [5.74, 6) is 0.921. The molecule has 0 bridgehead atoms. The number of hydrogen-bond acceptors (Lipinski definition) is 5. The highest BCUT2D eigenvalue weighted by Crippen LogP contribution is 2.21. The fourth-order valence-electron chi connectivity index (χ4n) is 1.85. The van der Waals surface area contributed by atoms with Gasteiger partial charge in [0, 0.05) is 11.8 Å². The number of amides is 1. The predicted molar refractivity (Wildman–Crippen MR) is 73.7 cm³/mol. The molecular formula is C14H17N3O3. The summed E-state index contributed by atoms with van der Waals surface area (Å²) in [4.78, 5) is 16.2. The molecule has 0 unspecified atom stereocenters. The van der Waals surface area contributed by atoms with Crippen LogP contribution in [0.25, 0.3) is 0 Å². The van der Waals surface area contributed by atoms with Crippen LogP contribution in [-0.2, 0) is 11.2 Å². The minimum absolute atomic E-state index is 0.159. The number of rotatable bonds is 5. The van der Waals surface area contributed by atoms with E-state index < -0.39 is 0 Å². The van der Waals surface area contributed by atoms with Crippen LogP contribution in [0.4, 0.5) is 5.69 Å². The van der Waals surface area contributed by atoms with Gasteiger partial charge in [0.05, 0.1) is 18.7 Å². The summed E-state index contributed by atoms with van der Waals surface area (Å²) in [5.41, 5.74) is 2.10. The number of pyridine rings is 1. The smallest absolute Gasteiger partial charge is 0.237 e. The molecule has 20 heavy (non-hydrogen) atoms. The van der Waals surface area contributed by atoms with Crippen molar-refractivity contribution in [2.75, 3.05) is 11.9 Å². The summed E-state index contributed by atoms with van der Waals surface area (Å²) < 4.78 is 10.4. The normalized spacial score (nSPS) is 10.3. The molecule has 1 N–H and O–H groups in total. The topological polar surface area (TPSA) is 77.2 Å². The van der Waals surface area contributed by atoms with Crippen LogP contribution in [0.3, 0.4) is 0 Å². The number of aryl methyl sites for hydroxylation is 2. The number of nitrogens with zero attached hydrogens (tertiary/aromatic N) is 2. The Labute approximate surface area is 117 Å². The summed E-state index contributed by atoms with van der Waals surface area (Å²) in [6.07, 6.45) is 1.83. The third kappa shape index (κ3) is 3.14. The molecule has 2 aromatic rings. The maximum atomic E-state index is 12.1. The van der Waals surface area contributed by atoms with Gasteiger partial charge in [0.1, 0.15) is 11.4 Å². The zero-order chi connectivity index (χ0) is 14.5. The van der Waals surface area contributed by atoms with Crippen molar-refractivity contribution in [3.05, 3.63) is 35.3 Å². The van der Waals surface area contributed by atoms with Crippen LogP contribution in [0.15, 0.2) is 22.9 Å². The van der Waals surface area contributed by atoms with E-state index in [1.165, 1.54) is 0 Å². The van der Waals surface area contributed by atoms with Crippen LogP contribution in [0.1, 0.15) is 23.9 Å². The lowest BCUT2D eigenvalue weighted by Crippen LogP contribution is -2.16. The van der Waals surface area contributed by atoms with Crippen LogP contribution in [-0.4, -0.2) is 22.7 Å². The Balaban J connectivity index is 2.09. The van der Waals surface area contributed by atoms with Gasteiger partial charge in [-0.2, -0.15) is 0 Å². The molecular weight excluding hydrogens is 258 g/mol. The number of nitrogens with one attached hydrogen (secondary N) is 1. The molecule has 0 aliphatic carbocycles. The Morgan fingerprint density at radius 2 is 2.25 bits per heavy atom. The fraction of sp³-hybridized carbons (Fsp3) is 0.357. The van der Waals surface area contributed by atoms with Crippen molar-refractivity contribution in [1.82, 2.24) is 10.1 Å². The second kappa shape index (κ2) is 6.18. The Morgan fingerprint density at radius 3 is 2.90 bits per heavy atom. The Kier molecular flexibility index (Phi) is 4.34. The summed E-state index contributed by atoms with van der Waals surface area (Å²) in [6.45, 7) is 5.96. The second-order valence-corrected chi connectivity index (χ2v) is 4.32. The highest BCUT2D eigenvalue weighted by molar-refractivity contribution is 5.93. The highest BCUT2D eigenvalue weighted by atomic mass is 16.5. The highest BCUT2D eigenvalue weighted by Gasteiger charge is 2.15. The monoisotopic (exact) mass is 275 g/mol. The number of ether oxygens (including phenoxy) is 1. The van der Waals surface area contributed by atoms with Crippen molar-refractivity contribution in [2.24, 2.45) is 0 Å². The molecule has 6 nitrogen and oxygen atoms in total. The largest absolute Gasteiger partial charge is 0.476 e. The zero-order valence-electron chi connectivity index (χ0n) is 11.8. The summed E-state index contributed by atoms with van der Waals surface area (Å²) >= 11 is 0. The molecule has 2 aromatic heterocycles. The van der Waals surface area contributed by atoms with Gasteiger partial charge in [-0.05, 0) is 32.9 Å². The van der Waals surface area contributed by atoms with Crippen LogP contribution in [0.2, 0.25) is 0 Å². The van der Waals surface area contributed by atoms with Crippen LogP contribution < -0.4 is 10.1 Å². The number of carbonyl (C=O) groups is 1. The van der Waals surface area contributed by atoms with Crippen molar-refractivity contribution in [2.45, 2.75) is 27.2 Å². The molecule has 0 aliphatic rings. The molecule has 2 heterocycles. The van der Waals surface area contributed by atoms with Crippen molar-refractivity contribution in [3.8, 4) is 5.88 Å². The van der Waals surface area contributed by atoms with E-state index in [0.29, 0.717) is 23.9 Å². The van der Waals surface area contributed by atoms with E-state index in [4.69, 9.17) is 9.26 Å². The van der Waals surface area contributed by atoms with Crippen molar-refractivity contribution in [3.63, 3.8) is 0 Å². The fourth-order valence-corrected chi connectivity index (χ4v) is 1.85. The molecule has 106 valence electrons. The van der Waals surface area contributed by atoms with Gasteiger partial charge < -0.3 is 14.6 Å². The average molecular weight is 275 g/mol. The molecule has 0 spiro atoms. The first-order valence-electron chi connectivity index (χ1n) is 6.41. The second-order valence-electron chi connectivity index (χ2n) is 4.32. The van der Waals surface area contributed by atoms with Gasteiger partial charge in [-0.3, -0.25) is 4.79 Å². The first-order valence-corrected chi connectivity index (χ1v) is 6.41. The predicted octanol–water partition coefficient (Wildman–Crippen LogP) is 2.27. The summed E-state index contributed by atoms with van der Waals surface area (Å²) in [5, 5.41) is 6.62. The third-order valence-corrected chi connectivity index (χ3v) is 2.84. The van der Waals surface area contributed by atoms with Gasteiger partial charge in [0.15, 0.2) is 0 Å². The molecule has 0 fully saturated rings. The average Bonchev–Trinajstić information content (AvgIpc) is 2.73. The van der Waals surface area contributed by atoms with Gasteiger partial charge in [-0.1, -0.05) is 5.16 Å². The standard InChI is InChI=1S/C14H17N3O3/c1-4-19-14-12(6-5-7-15-14)16-13(18)8-11-9(2)17-20-10(11)3/h5-7H,4,8H2,1-3H3,(H,16,18). The quantitative estimate of drug-likeness (QED) is 0.905. The lowest BCUT2D eigenvalue weighted by atomic mass is 10.1. The molecule has 0 saturated heterocycles.